The lowest BCUT2D eigenvalue weighted by molar-refractivity contribution is -0.384. The summed E-state index contributed by atoms with van der Waals surface area (Å²) in [5.74, 6) is -1.30. The number of nitro groups is 1. The van der Waals surface area contributed by atoms with Crippen molar-refractivity contribution in [3.05, 3.63) is 58.1 Å². The maximum atomic E-state index is 12.3. The summed E-state index contributed by atoms with van der Waals surface area (Å²) in [7, 11) is 0. The minimum atomic E-state index is -0.799. The highest BCUT2D eigenvalue weighted by Gasteiger charge is 2.26. The number of hydrogen-bond donors (Lipinski definition) is 2. The molecule has 1 aliphatic carbocycles. The topological polar surface area (TPSA) is 114 Å². The predicted octanol–water partition coefficient (Wildman–Crippen LogP) is 4.20. The van der Waals surface area contributed by atoms with Crippen LogP contribution in [0.15, 0.2) is 42.5 Å². The van der Waals surface area contributed by atoms with Crippen molar-refractivity contribution >= 4 is 34.6 Å². The lowest BCUT2D eigenvalue weighted by Gasteiger charge is -2.27. The van der Waals surface area contributed by atoms with Crippen LogP contribution in [-0.2, 0) is 9.53 Å². The Morgan fingerprint density at radius 1 is 1.19 bits per heavy atom. The third-order valence-electron chi connectivity index (χ3n) is 5.15. The molecule has 0 radical (unpaired) electrons. The van der Waals surface area contributed by atoms with E-state index in [0.717, 1.165) is 31.1 Å². The number of nitro benzene ring substituents is 1. The van der Waals surface area contributed by atoms with Crippen molar-refractivity contribution in [3.8, 4) is 0 Å². The van der Waals surface area contributed by atoms with Gasteiger partial charge in [0.25, 0.3) is 11.6 Å². The number of rotatable bonds is 10. The van der Waals surface area contributed by atoms with E-state index in [0.29, 0.717) is 17.4 Å². The first-order valence-corrected chi connectivity index (χ1v) is 10.7. The predicted molar refractivity (Wildman–Crippen MR) is 123 cm³/mol. The summed E-state index contributed by atoms with van der Waals surface area (Å²) >= 11 is 0. The van der Waals surface area contributed by atoms with Gasteiger partial charge in [-0.15, -0.1) is 0 Å². The molecule has 1 aliphatic rings. The molecule has 0 saturated heterocycles. The highest BCUT2D eigenvalue weighted by Crippen LogP contribution is 2.31. The summed E-state index contributed by atoms with van der Waals surface area (Å²) in [5, 5.41) is 17.1. The molecule has 1 saturated carbocycles. The van der Waals surface area contributed by atoms with Crippen molar-refractivity contribution in [1.82, 2.24) is 0 Å². The number of nitrogens with zero attached hydrogens (tertiary/aromatic N) is 2. The molecule has 0 spiro atoms. The number of esters is 1. The molecule has 9 nitrogen and oxygen atoms in total. The van der Waals surface area contributed by atoms with Gasteiger partial charge in [-0.05, 0) is 70.0 Å². The van der Waals surface area contributed by atoms with E-state index in [1.54, 1.807) is 12.1 Å². The minimum Gasteiger partial charge on any atom is -0.452 e. The fourth-order valence-corrected chi connectivity index (χ4v) is 3.37. The van der Waals surface area contributed by atoms with Crippen LogP contribution in [0.1, 0.15) is 44.0 Å². The minimum absolute atomic E-state index is 0.0172. The Morgan fingerprint density at radius 2 is 1.88 bits per heavy atom. The van der Waals surface area contributed by atoms with E-state index < -0.39 is 23.4 Å². The highest BCUT2D eigenvalue weighted by molar-refractivity contribution is 5.96. The zero-order valence-corrected chi connectivity index (χ0v) is 18.5. The van der Waals surface area contributed by atoms with Crippen LogP contribution in [0.3, 0.4) is 0 Å². The molecule has 0 aliphatic heterocycles. The van der Waals surface area contributed by atoms with Gasteiger partial charge >= 0.3 is 5.97 Å². The summed E-state index contributed by atoms with van der Waals surface area (Å²) in [4.78, 5) is 37.5. The lowest BCUT2D eigenvalue weighted by atomic mass is 10.1. The van der Waals surface area contributed by atoms with Gasteiger partial charge in [-0.25, -0.2) is 4.79 Å². The second kappa shape index (κ2) is 10.1. The van der Waals surface area contributed by atoms with Crippen LogP contribution < -0.4 is 15.5 Å². The molecule has 2 aromatic carbocycles. The molecule has 0 atom stereocenters. The molecular formula is C23H28N4O5. The molecule has 0 bridgehead atoms. The number of nitrogens with one attached hydrogen (secondary N) is 2. The van der Waals surface area contributed by atoms with Gasteiger partial charge in [0.15, 0.2) is 6.61 Å². The Kier molecular flexibility index (Phi) is 7.29. The molecule has 0 heterocycles. The van der Waals surface area contributed by atoms with Gasteiger partial charge in [-0.3, -0.25) is 14.9 Å². The Labute approximate surface area is 186 Å². The maximum absolute atomic E-state index is 12.3. The molecule has 1 fully saturated rings. The zero-order chi connectivity index (χ0) is 23.3. The molecule has 3 rings (SSSR count). The quantitative estimate of drug-likeness (QED) is 0.323. The first-order valence-electron chi connectivity index (χ1n) is 10.7. The van der Waals surface area contributed by atoms with E-state index in [9.17, 15) is 19.7 Å². The largest absolute Gasteiger partial charge is 0.452 e. The average Bonchev–Trinajstić information content (AvgIpc) is 3.57. The first kappa shape index (κ1) is 23.1. The number of ether oxygens (including phenoxy) is 1. The molecular weight excluding hydrogens is 412 g/mol. The Morgan fingerprint density at radius 3 is 2.44 bits per heavy atom. The third-order valence-corrected chi connectivity index (χ3v) is 5.15. The van der Waals surface area contributed by atoms with Crippen LogP contribution in [-0.4, -0.2) is 42.0 Å². The van der Waals surface area contributed by atoms with Crippen LogP contribution in [0.25, 0.3) is 0 Å². The van der Waals surface area contributed by atoms with E-state index >= 15 is 0 Å². The smallest absolute Gasteiger partial charge is 0.338 e. The van der Waals surface area contributed by atoms with Crippen molar-refractivity contribution in [1.29, 1.82) is 0 Å². The van der Waals surface area contributed by atoms with Gasteiger partial charge < -0.3 is 20.3 Å². The maximum Gasteiger partial charge on any atom is 0.338 e. The Bertz CT molecular complexity index is 986. The fraction of sp³-hybridized carbons (Fsp3) is 0.391. The van der Waals surface area contributed by atoms with Gasteiger partial charge in [0.1, 0.15) is 5.69 Å². The number of carbonyl (C=O) groups excluding carboxylic acids is 2. The standard InChI is InChI=1S/C23H28N4O5/c1-4-26(15(2)3)19-10-8-18(9-11-19)25-22(28)14-32-23(29)16-5-12-20(24-17-6-7-17)21(13-16)27(30)31/h5,8-13,15,17,24H,4,6-7,14H2,1-3H3,(H,25,28). The summed E-state index contributed by atoms with van der Waals surface area (Å²) in [6.45, 7) is 6.67. The summed E-state index contributed by atoms with van der Waals surface area (Å²) in [6, 6.07) is 12.1. The van der Waals surface area contributed by atoms with Crippen LogP contribution in [0.2, 0.25) is 0 Å². The lowest BCUT2D eigenvalue weighted by Crippen LogP contribution is -2.30. The number of amides is 1. The van der Waals surface area contributed by atoms with Crippen molar-refractivity contribution in [2.75, 3.05) is 28.7 Å². The van der Waals surface area contributed by atoms with E-state index in [1.165, 1.54) is 12.1 Å². The number of hydrogen-bond acceptors (Lipinski definition) is 7. The molecule has 2 aromatic rings. The summed E-state index contributed by atoms with van der Waals surface area (Å²) in [5.41, 5.74) is 1.82. The molecule has 170 valence electrons. The van der Waals surface area contributed by atoms with Crippen molar-refractivity contribution in [2.24, 2.45) is 0 Å². The number of anilines is 3. The van der Waals surface area contributed by atoms with Gasteiger partial charge in [-0.2, -0.15) is 0 Å². The third kappa shape index (κ3) is 5.96. The van der Waals surface area contributed by atoms with Gasteiger partial charge in [0.2, 0.25) is 0 Å². The van der Waals surface area contributed by atoms with Crippen molar-refractivity contribution in [3.63, 3.8) is 0 Å². The Hall–Kier alpha value is -3.62. The highest BCUT2D eigenvalue weighted by atomic mass is 16.6. The average molecular weight is 441 g/mol. The number of benzene rings is 2. The van der Waals surface area contributed by atoms with Gasteiger partial charge in [0.05, 0.1) is 10.5 Å². The van der Waals surface area contributed by atoms with Gasteiger partial charge in [0, 0.05) is 36.1 Å². The monoisotopic (exact) mass is 440 g/mol. The van der Waals surface area contributed by atoms with E-state index in [1.807, 2.05) is 12.1 Å². The van der Waals surface area contributed by atoms with Gasteiger partial charge in [-0.1, -0.05) is 0 Å². The molecule has 9 heteroatoms. The van der Waals surface area contributed by atoms with Crippen LogP contribution in [0.4, 0.5) is 22.7 Å². The van der Waals surface area contributed by atoms with Crippen LogP contribution in [0.5, 0.6) is 0 Å². The Balaban J connectivity index is 1.56. The summed E-state index contributed by atoms with van der Waals surface area (Å²) < 4.78 is 5.04. The zero-order valence-electron chi connectivity index (χ0n) is 18.5. The molecule has 32 heavy (non-hydrogen) atoms. The second-order valence-corrected chi connectivity index (χ2v) is 7.96. The molecule has 0 unspecified atom stereocenters. The summed E-state index contributed by atoms with van der Waals surface area (Å²) in [6.07, 6.45) is 1.93. The van der Waals surface area contributed by atoms with E-state index in [-0.39, 0.29) is 17.3 Å². The normalized spacial score (nSPS) is 12.9. The number of carbonyl (C=O) groups is 2. The molecule has 0 aromatic heterocycles. The van der Waals surface area contributed by atoms with Crippen molar-refractivity contribution < 1.29 is 19.2 Å². The van der Waals surface area contributed by atoms with E-state index in [4.69, 9.17) is 4.74 Å². The first-order chi connectivity index (χ1) is 15.3. The second-order valence-electron chi connectivity index (χ2n) is 7.96. The SMILES string of the molecule is CCN(c1ccc(NC(=O)COC(=O)c2ccc(NC3CC3)c([N+](=O)[O-])c2)cc1)C(C)C. The van der Waals surface area contributed by atoms with Crippen molar-refractivity contribution in [2.45, 2.75) is 45.7 Å². The van der Waals surface area contributed by atoms with Crippen LogP contribution in [0, 0.1) is 10.1 Å². The van der Waals surface area contributed by atoms with E-state index in [2.05, 4.69) is 36.3 Å². The molecule has 1 amide bonds. The molecule has 2 N–H and O–H groups in total. The van der Waals surface area contributed by atoms with Crippen LogP contribution >= 0.6 is 0 Å². The fourth-order valence-electron chi connectivity index (χ4n) is 3.37.